The van der Waals surface area contributed by atoms with Gasteiger partial charge in [0.15, 0.2) is 0 Å². The van der Waals surface area contributed by atoms with E-state index in [-0.39, 0.29) is 23.2 Å². The van der Waals surface area contributed by atoms with E-state index in [1.54, 1.807) is 24.3 Å². The van der Waals surface area contributed by atoms with E-state index >= 15 is 0 Å². The number of methoxy groups -OCH3 is 1. The van der Waals surface area contributed by atoms with E-state index in [0.29, 0.717) is 10.6 Å². The van der Waals surface area contributed by atoms with E-state index in [1.165, 1.54) is 7.11 Å². The second-order valence-corrected chi connectivity index (χ2v) is 4.37. The topological polar surface area (TPSA) is 92.5 Å². The van der Waals surface area contributed by atoms with Gasteiger partial charge in [-0.15, -0.1) is 5.10 Å². The van der Waals surface area contributed by atoms with E-state index < -0.39 is 5.56 Å². The minimum atomic E-state index is -0.516. The first-order valence-corrected chi connectivity index (χ1v) is 6.00. The van der Waals surface area contributed by atoms with Crippen LogP contribution in [-0.4, -0.2) is 31.8 Å². The first-order chi connectivity index (χ1) is 9.61. The Hall–Kier alpha value is -2.54. The molecule has 0 fully saturated rings. The molecule has 2 aromatic heterocycles. The minimum absolute atomic E-state index is 0.0238. The first-order valence-electron chi connectivity index (χ1n) is 5.62. The molecular weight excluding hydrogens is 284 g/mol. The van der Waals surface area contributed by atoms with Crippen LogP contribution in [0.5, 0.6) is 11.9 Å². The van der Waals surface area contributed by atoms with Crippen LogP contribution in [0.15, 0.2) is 29.1 Å². The Morgan fingerprint density at radius 1 is 1.40 bits per heavy atom. The Morgan fingerprint density at radius 3 is 2.85 bits per heavy atom. The Labute approximate surface area is 117 Å². The molecule has 0 saturated heterocycles. The van der Waals surface area contributed by atoms with Crippen LogP contribution in [0.25, 0.3) is 16.9 Å². The van der Waals surface area contributed by atoms with Gasteiger partial charge in [0.25, 0.3) is 5.56 Å². The molecule has 0 bridgehead atoms. The summed E-state index contributed by atoms with van der Waals surface area (Å²) >= 11 is 6.05. The van der Waals surface area contributed by atoms with Gasteiger partial charge in [0.1, 0.15) is 5.56 Å². The number of nitrogens with one attached hydrogen (secondary N) is 1. The number of hydrogen-bond acceptors (Lipinski definition) is 5. The van der Waals surface area contributed by atoms with Crippen LogP contribution < -0.4 is 10.3 Å². The SMILES string of the molecule is COc1nc2[nH]c(=O)c(-c3ccccc3Cl)c(O)n2n1. The average Bonchev–Trinajstić information content (AvgIpc) is 2.84. The third kappa shape index (κ3) is 1.79. The van der Waals surface area contributed by atoms with Gasteiger partial charge in [-0.1, -0.05) is 29.8 Å². The second-order valence-electron chi connectivity index (χ2n) is 3.97. The number of ether oxygens (including phenoxy) is 1. The lowest BCUT2D eigenvalue weighted by Crippen LogP contribution is -2.13. The normalized spacial score (nSPS) is 10.9. The molecule has 8 heteroatoms. The zero-order chi connectivity index (χ0) is 14.3. The molecule has 0 atom stereocenters. The van der Waals surface area contributed by atoms with E-state index in [0.717, 1.165) is 4.52 Å². The molecule has 3 rings (SSSR count). The van der Waals surface area contributed by atoms with Crippen molar-refractivity contribution in [3.8, 4) is 23.0 Å². The lowest BCUT2D eigenvalue weighted by molar-refractivity contribution is 0.375. The molecule has 1 aromatic carbocycles. The molecule has 0 radical (unpaired) electrons. The fourth-order valence-corrected chi connectivity index (χ4v) is 2.12. The van der Waals surface area contributed by atoms with Gasteiger partial charge in [-0.25, -0.2) is 0 Å². The molecule has 0 spiro atoms. The van der Waals surface area contributed by atoms with Gasteiger partial charge in [-0.05, 0) is 6.07 Å². The Morgan fingerprint density at radius 2 is 2.15 bits per heavy atom. The number of aromatic nitrogens is 4. The number of aromatic hydroxyl groups is 1. The monoisotopic (exact) mass is 292 g/mol. The standard InChI is InChI=1S/C12H9ClN4O3/c1-20-12-15-11-14-9(18)8(10(19)17(11)16-12)6-4-2-3-5-7(6)13/h2-5,19H,1H3,(H,14,15,16,18). The number of H-pyrrole nitrogens is 1. The Balaban J connectivity index is 2.37. The van der Waals surface area contributed by atoms with Crippen molar-refractivity contribution in [2.45, 2.75) is 0 Å². The van der Waals surface area contributed by atoms with Gasteiger partial charge in [-0.3, -0.25) is 9.78 Å². The summed E-state index contributed by atoms with van der Waals surface area (Å²) in [4.78, 5) is 18.5. The molecule has 7 nitrogen and oxygen atoms in total. The van der Waals surface area contributed by atoms with Gasteiger partial charge < -0.3 is 9.84 Å². The van der Waals surface area contributed by atoms with E-state index in [9.17, 15) is 9.90 Å². The van der Waals surface area contributed by atoms with Crippen LogP contribution >= 0.6 is 11.6 Å². The maximum Gasteiger partial charge on any atom is 0.337 e. The summed E-state index contributed by atoms with van der Waals surface area (Å²) in [6, 6.07) is 6.74. The number of nitrogens with zero attached hydrogens (tertiary/aromatic N) is 3. The van der Waals surface area contributed by atoms with Crippen molar-refractivity contribution in [1.29, 1.82) is 0 Å². The fraction of sp³-hybridized carbons (Fsp3) is 0.0833. The molecule has 3 aromatic rings. The molecule has 2 N–H and O–H groups in total. The van der Waals surface area contributed by atoms with Crippen molar-refractivity contribution in [3.63, 3.8) is 0 Å². The third-order valence-corrected chi connectivity index (χ3v) is 3.12. The lowest BCUT2D eigenvalue weighted by atomic mass is 10.1. The molecule has 0 aliphatic carbocycles. The van der Waals surface area contributed by atoms with Crippen molar-refractivity contribution in [3.05, 3.63) is 39.6 Å². The highest BCUT2D eigenvalue weighted by Gasteiger charge is 2.18. The van der Waals surface area contributed by atoms with Crippen LogP contribution in [0, 0.1) is 0 Å². The van der Waals surface area contributed by atoms with Crippen LogP contribution in [0.3, 0.4) is 0 Å². The summed E-state index contributed by atoms with van der Waals surface area (Å²) in [5.74, 6) is -0.271. The maximum absolute atomic E-state index is 12.1. The summed E-state index contributed by atoms with van der Waals surface area (Å²) in [6.45, 7) is 0. The second kappa shape index (κ2) is 4.53. The number of halogens is 1. The summed E-state index contributed by atoms with van der Waals surface area (Å²) in [7, 11) is 1.39. The summed E-state index contributed by atoms with van der Waals surface area (Å²) in [5, 5.41) is 14.5. The molecule has 0 aliphatic rings. The molecule has 20 heavy (non-hydrogen) atoms. The molecule has 0 saturated carbocycles. The first kappa shape index (κ1) is 12.5. The summed E-state index contributed by atoms with van der Waals surface area (Å²) in [5.41, 5.74) is -0.0851. The highest BCUT2D eigenvalue weighted by molar-refractivity contribution is 6.33. The zero-order valence-corrected chi connectivity index (χ0v) is 11.0. The molecule has 0 unspecified atom stereocenters. The third-order valence-electron chi connectivity index (χ3n) is 2.79. The van der Waals surface area contributed by atoms with Crippen molar-refractivity contribution >= 4 is 17.4 Å². The highest BCUT2D eigenvalue weighted by Crippen LogP contribution is 2.31. The van der Waals surface area contributed by atoms with Crippen LogP contribution in [-0.2, 0) is 0 Å². The van der Waals surface area contributed by atoms with E-state index in [1.807, 2.05) is 0 Å². The van der Waals surface area contributed by atoms with Gasteiger partial charge in [0, 0.05) is 10.6 Å². The zero-order valence-electron chi connectivity index (χ0n) is 10.3. The Kier molecular flexibility index (Phi) is 2.83. The van der Waals surface area contributed by atoms with Gasteiger partial charge in [-0.2, -0.15) is 9.50 Å². The van der Waals surface area contributed by atoms with Crippen LogP contribution in [0.1, 0.15) is 0 Å². The number of hydrogen-bond donors (Lipinski definition) is 2. The summed E-state index contributed by atoms with van der Waals surface area (Å²) < 4.78 is 5.94. The van der Waals surface area contributed by atoms with Crippen molar-refractivity contribution < 1.29 is 9.84 Å². The van der Waals surface area contributed by atoms with Crippen LogP contribution in [0.2, 0.25) is 5.02 Å². The fourth-order valence-electron chi connectivity index (χ4n) is 1.89. The predicted molar refractivity (Wildman–Crippen MR) is 72.3 cm³/mol. The largest absolute Gasteiger partial charge is 0.493 e. The number of fused-ring (bicyclic) bond motifs is 1. The van der Waals surface area contributed by atoms with E-state index in [4.69, 9.17) is 16.3 Å². The molecular formula is C12H9ClN4O3. The average molecular weight is 293 g/mol. The number of rotatable bonds is 2. The van der Waals surface area contributed by atoms with Crippen LogP contribution in [0.4, 0.5) is 0 Å². The van der Waals surface area contributed by atoms with Crippen molar-refractivity contribution in [1.82, 2.24) is 19.6 Å². The predicted octanol–water partition coefficient (Wildman–Crippen LogP) is 1.45. The van der Waals surface area contributed by atoms with E-state index in [2.05, 4.69) is 15.1 Å². The van der Waals surface area contributed by atoms with Crippen molar-refractivity contribution in [2.24, 2.45) is 0 Å². The van der Waals surface area contributed by atoms with Gasteiger partial charge in [0.2, 0.25) is 11.7 Å². The summed E-state index contributed by atoms with van der Waals surface area (Å²) in [6.07, 6.45) is 0. The lowest BCUT2D eigenvalue weighted by Gasteiger charge is -2.06. The highest BCUT2D eigenvalue weighted by atomic mass is 35.5. The smallest absolute Gasteiger partial charge is 0.337 e. The Bertz CT molecular complexity index is 856. The molecule has 0 aliphatic heterocycles. The molecule has 0 amide bonds. The van der Waals surface area contributed by atoms with Crippen molar-refractivity contribution in [2.75, 3.05) is 7.11 Å². The number of aromatic amines is 1. The van der Waals surface area contributed by atoms with Gasteiger partial charge >= 0.3 is 6.01 Å². The molecule has 2 heterocycles. The maximum atomic E-state index is 12.1. The minimum Gasteiger partial charge on any atom is -0.493 e. The van der Waals surface area contributed by atoms with Gasteiger partial charge in [0.05, 0.1) is 7.11 Å². The molecule has 102 valence electrons. The number of benzene rings is 1. The quantitative estimate of drug-likeness (QED) is 0.746.